The van der Waals surface area contributed by atoms with Gasteiger partial charge in [-0.15, -0.1) is 0 Å². The minimum absolute atomic E-state index is 0.0430. The molecule has 7 nitrogen and oxygen atoms in total. The van der Waals surface area contributed by atoms with E-state index in [0.29, 0.717) is 19.4 Å². The lowest BCUT2D eigenvalue weighted by Gasteiger charge is -2.14. The van der Waals surface area contributed by atoms with Crippen LogP contribution in [-0.4, -0.2) is 49.3 Å². The molecule has 0 bridgehead atoms. The zero-order valence-corrected chi connectivity index (χ0v) is 20.0. The Morgan fingerprint density at radius 3 is 2.64 bits per heavy atom. The highest BCUT2D eigenvalue weighted by atomic mass is 32.2. The van der Waals surface area contributed by atoms with Gasteiger partial charge in [0.05, 0.1) is 30.4 Å². The molecule has 1 amide bonds. The first-order chi connectivity index (χ1) is 15.8. The Balaban J connectivity index is 1.57. The Morgan fingerprint density at radius 1 is 1.15 bits per heavy atom. The summed E-state index contributed by atoms with van der Waals surface area (Å²) in [6.45, 7) is 4.51. The van der Waals surface area contributed by atoms with E-state index >= 15 is 0 Å². The maximum atomic E-state index is 12.9. The Hall–Kier alpha value is -3.13. The van der Waals surface area contributed by atoms with Gasteiger partial charge in [0.25, 0.3) is 5.91 Å². The third-order valence-electron chi connectivity index (χ3n) is 6.20. The molecule has 33 heavy (non-hydrogen) atoms. The first-order valence-corrected chi connectivity index (χ1v) is 12.9. The van der Waals surface area contributed by atoms with Crippen LogP contribution < -0.4 is 10.1 Å². The van der Waals surface area contributed by atoms with Crippen LogP contribution in [0.2, 0.25) is 0 Å². The quantitative estimate of drug-likeness (QED) is 0.574. The summed E-state index contributed by atoms with van der Waals surface area (Å²) in [6, 6.07) is 15.3. The zero-order valence-electron chi connectivity index (χ0n) is 19.2. The van der Waals surface area contributed by atoms with Gasteiger partial charge in [-0.05, 0) is 61.6 Å². The highest BCUT2D eigenvalue weighted by molar-refractivity contribution is 7.91. The van der Waals surface area contributed by atoms with E-state index in [1.807, 2.05) is 50.2 Å². The summed E-state index contributed by atoms with van der Waals surface area (Å²) in [6.07, 6.45) is 1.12. The van der Waals surface area contributed by atoms with Gasteiger partial charge in [-0.25, -0.2) is 8.42 Å². The zero-order chi connectivity index (χ0) is 23.6. The second-order valence-electron chi connectivity index (χ2n) is 8.53. The van der Waals surface area contributed by atoms with Gasteiger partial charge in [0, 0.05) is 12.1 Å². The van der Waals surface area contributed by atoms with Crippen LogP contribution >= 0.6 is 0 Å². The number of aromatic nitrogens is 2. The molecule has 0 radical (unpaired) electrons. The molecule has 2 heterocycles. The lowest BCUT2D eigenvalue weighted by Crippen LogP contribution is -2.26. The van der Waals surface area contributed by atoms with Crippen LogP contribution in [0.5, 0.6) is 5.75 Å². The van der Waals surface area contributed by atoms with Gasteiger partial charge in [-0.3, -0.25) is 9.48 Å². The number of nitrogens with zero attached hydrogens (tertiary/aromatic N) is 2. The summed E-state index contributed by atoms with van der Waals surface area (Å²) >= 11 is 0. The molecule has 0 saturated carbocycles. The van der Waals surface area contributed by atoms with E-state index in [-0.39, 0.29) is 29.1 Å². The summed E-state index contributed by atoms with van der Waals surface area (Å²) in [5.41, 5.74) is 5.27. The van der Waals surface area contributed by atoms with Gasteiger partial charge in [0.2, 0.25) is 0 Å². The van der Waals surface area contributed by atoms with Gasteiger partial charge < -0.3 is 10.1 Å². The summed E-state index contributed by atoms with van der Waals surface area (Å²) < 4.78 is 31.3. The number of sulfone groups is 1. The Bertz CT molecular complexity index is 1280. The molecule has 4 rings (SSSR count). The van der Waals surface area contributed by atoms with Crippen LogP contribution in [0, 0.1) is 13.8 Å². The van der Waals surface area contributed by atoms with E-state index in [1.54, 1.807) is 17.9 Å². The van der Waals surface area contributed by atoms with Crippen molar-refractivity contribution in [2.24, 2.45) is 0 Å². The molecule has 2 aromatic carbocycles. The van der Waals surface area contributed by atoms with Crippen LogP contribution in [0.3, 0.4) is 0 Å². The van der Waals surface area contributed by atoms with Crippen molar-refractivity contribution < 1.29 is 17.9 Å². The van der Waals surface area contributed by atoms with Crippen LogP contribution in [-0.2, 0) is 16.3 Å². The van der Waals surface area contributed by atoms with Crippen LogP contribution in [0.15, 0.2) is 48.5 Å². The van der Waals surface area contributed by atoms with E-state index in [0.717, 1.165) is 28.1 Å². The minimum Gasteiger partial charge on any atom is -0.496 e. The fraction of sp³-hybridized carbons (Fsp3) is 0.360. The van der Waals surface area contributed by atoms with Gasteiger partial charge >= 0.3 is 0 Å². The highest BCUT2D eigenvalue weighted by Crippen LogP contribution is 2.31. The number of hydrogen-bond donors (Lipinski definition) is 1. The third-order valence-corrected chi connectivity index (χ3v) is 7.95. The lowest BCUT2D eigenvalue weighted by molar-refractivity contribution is 0.0948. The average Bonchev–Trinajstić information content (AvgIpc) is 3.39. The molecule has 174 valence electrons. The number of amides is 1. The number of benzene rings is 2. The van der Waals surface area contributed by atoms with Gasteiger partial charge in [0.15, 0.2) is 15.5 Å². The van der Waals surface area contributed by atoms with E-state index in [2.05, 4.69) is 16.5 Å². The molecule has 1 fully saturated rings. The summed E-state index contributed by atoms with van der Waals surface area (Å²) in [7, 11) is -1.47. The standard InChI is InChI=1S/C25H29N3O4S/c1-17-8-9-20(14-18(17)2)23-15-22(27-28(23)21-11-13-33(30,31)16-21)25(29)26-12-10-19-6-4-5-7-24(19)32-3/h4-9,14-15,21H,10-13,16H2,1-3H3,(H,26,29). The van der Waals surface area contributed by atoms with Crippen molar-refractivity contribution in [2.45, 2.75) is 32.7 Å². The third kappa shape index (κ3) is 5.11. The lowest BCUT2D eigenvalue weighted by atomic mass is 10.0. The minimum atomic E-state index is -3.09. The van der Waals surface area contributed by atoms with Crippen molar-refractivity contribution >= 4 is 15.7 Å². The van der Waals surface area contributed by atoms with Gasteiger partial charge in [-0.1, -0.05) is 30.3 Å². The molecular formula is C25H29N3O4S. The maximum absolute atomic E-state index is 12.9. The normalized spacial score (nSPS) is 17.1. The largest absolute Gasteiger partial charge is 0.496 e. The van der Waals surface area contributed by atoms with Crippen molar-refractivity contribution in [3.05, 3.63) is 70.9 Å². The fourth-order valence-corrected chi connectivity index (χ4v) is 5.87. The number of ether oxygens (including phenoxy) is 1. The van der Waals surface area contributed by atoms with Gasteiger partial charge in [-0.2, -0.15) is 5.10 Å². The Kier molecular flexibility index (Phi) is 6.56. The van der Waals surface area contributed by atoms with Crippen molar-refractivity contribution in [3.63, 3.8) is 0 Å². The molecule has 1 aliphatic heterocycles. The summed E-state index contributed by atoms with van der Waals surface area (Å²) in [5.74, 6) is 0.691. The van der Waals surface area contributed by atoms with E-state index < -0.39 is 9.84 Å². The first-order valence-electron chi connectivity index (χ1n) is 11.0. The van der Waals surface area contributed by atoms with Crippen molar-refractivity contribution in [1.29, 1.82) is 0 Å². The number of rotatable bonds is 7. The Morgan fingerprint density at radius 2 is 1.94 bits per heavy atom. The first kappa shape index (κ1) is 23.0. The summed E-state index contributed by atoms with van der Waals surface area (Å²) in [5, 5.41) is 7.49. The molecule has 1 saturated heterocycles. The number of hydrogen-bond acceptors (Lipinski definition) is 5. The molecule has 1 aliphatic rings. The molecule has 1 aromatic heterocycles. The molecule has 0 spiro atoms. The molecule has 0 aliphatic carbocycles. The highest BCUT2D eigenvalue weighted by Gasteiger charge is 2.32. The van der Waals surface area contributed by atoms with E-state index in [4.69, 9.17) is 4.74 Å². The van der Waals surface area contributed by atoms with Gasteiger partial charge in [0.1, 0.15) is 5.75 Å². The van der Waals surface area contributed by atoms with Crippen molar-refractivity contribution in [3.8, 4) is 17.0 Å². The average molecular weight is 468 g/mol. The van der Waals surface area contributed by atoms with E-state index in [9.17, 15) is 13.2 Å². The number of carbonyl (C=O) groups is 1. The van der Waals surface area contributed by atoms with Crippen LogP contribution in [0.1, 0.15) is 39.6 Å². The number of carbonyl (C=O) groups excluding carboxylic acids is 1. The second kappa shape index (κ2) is 9.39. The van der Waals surface area contributed by atoms with Crippen LogP contribution in [0.4, 0.5) is 0 Å². The predicted octanol–water partition coefficient (Wildman–Crippen LogP) is 3.51. The number of para-hydroxylation sites is 1. The molecule has 1 atom stereocenters. The van der Waals surface area contributed by atoms with E-state index in [1.165, 1.54) is 5.56 Å². The molecule has 3 aromatic rings. The molecule has 8 heteroatoms. The number of aryl methyl sites for hydroxylation is 2. The topological polar surface area (TPSA) is 90.3 Å². The second-order valence-corrected chi connectivity index (χ2v) is 10.8. The smallest absolute Gasteiger partial charge is 0.271 e. The number of methoxy groups -OCH3 is 1. The maximum Gasteiger partial charge on any atom is 0.271 e. The summed E-state index contributed by atoms with van der Waals surface area (Å²) in [4.78, 5) is 12.9. The SMILES string of the molecule is COc1ccccc1CCNC(=O)c1cc(-c2ccc(C)c(C)c2)n(C2CCS(=O)(=O)C2)n1. The molecular weight excluding hydrogens is 438 g/mol. The van der Waals surface area contributed by atoms with Crippen LogP contribution in [0.25, 0.3) is 11.3 Å². The predicted molar refractivity (Wildman–Crippen MR) is 128 cm³/mol. The van der Waals surface area contributed by atoms with Crippen molar-refractivity contribution in [2.75, 3.05) is 25.2 Å². The molecule has 1 N–H and O–H groups in total. The monoisotopic (exact) mass is 467 g/mol. The van der Waals surface area contributed by atoms with Crippen molar-refractivity contribution in [1.82, 2.24) is 15.1 Å². The Labute approximate surface area is 194 Å². The molecule has 1 unspecified atom stereocenters. The number of nitrogens with one attached hydrogen (secondary N) is 1. The fourth-order valence-electron chi connectivity index (χ4n) is 4.18.